The molecule has 1 amide bonds. The van der Waals surface area contributed by atoms with E-state index in [0.29, 0.717) is 17.8 Å². The molecule has 0 radical (unpaired) electrons. The first-order valence-corrected chi connectivity index (χ1v) is 10.3. The van der Waals surface area contributed by atoms with E-state index in [1.807, 2.05) is 0 Å². The van der Waals surface area contributed by atoms with Crippen molar-refractivity contribution < 1.29 is 18.0 Å². The van der Waals surface area contributed by atoms with Gasteiger partial charge in [-0.3, -0.25) is 15.1 Å². The van der Waals surface area contributed by atoms with Gasteiger partial charge in [-0.1, -0.05) is 29.3 Å². The number of sulfone groups is 1. The molecule has 7 nitrogen and oxygen atoms in total. The zero-order valence-corrected chi connectivity index (χ0v) is 16.2. The molecule has 0 aromatic heterocycles. The molecule has 1 aromatic rings. The molecule has 1 N–H and O–H groups in total. The summed E-state index contributed by atoms with van der Waals surface area (Å²) in [6, 6.07) is 2.88. The van der Waals surface area contributed by atoms with E-state index in [9.17, 15) is 13.2 Å². The van der Waals surface area contributed by atoms with Crippen LogP contribution in [0.15, 0.2) is 33.8 Å². The van der Waals surface area contributed by atoms with Crippen molar-refractivity contribution in [3.63, 3.8) is 0 Å². The van der Waals surface area contributed by atoms with Crippen LogP contribution in [-0.4, -0.2) is 45.0 Å². The van der Waals surface area contributed by atoms with Crippen molar-refractivity contribution in [3.8, 4) is 0 Å². The van der Waals surface area contributed by atoms with Crippen LogP contribution < -0.4 is 5.48 Å². The van der Waals surface area contributed by atoms with Crippen molar-refractivity contribution in [1.29, 1.82) is 0 Å². The van der Waals surface area contributed by atoms with Gasteiger partial charge in [-0.15, -0.1) is 0 Å². The van der Waals surface area contributed by atoms with E-state index in [1.54, 1.807) is 13.0 Å². The molecule has 138 valence electrons. The maximum absolute atomic E-state index is 12.3. The van der Waals surface area contributed by atoms with Crippen molar-refractivity contribution in [2.24, 2.45) is 5.10 Å². The third-order valence-electron chi connectivity index (χ3n) is 3.89. The molecule has 0 atom stereocenters. The van der Waals surface area contributed by atoms with Crippen LogP contribution >= 0.6 is 23.2 Å². The lowest BCUT2D eigenvalue weighted by Crippen LogP contribution is -2.21. The average molecular weight is 416 g/mol. The molecule has 26 heavy (non-hydrogen) atoms. The molecule has 0 spiro atoms. The largest absolute Gasteiger partial charge is 0.277 e. The van der Waals surface area contributed by atoms with Crippen molar-refractivity contribution >= 4 is 55.9 Å². The number of carbonyl (C=O) groups is 1. The van der Waals surface area contributed by atoms with E-state index < -0.39 is 9.84 Å². The number of nitrogens with zero attached hydrogens (tertiary/aromatic N) is 2. The van der Waals surface area contributed by atoms with E-state index in [1.165, 1.54) is 23.4 Å². The number of amides is 1. The molecule has 0 unspecified atom stereocenters. The summed E-state index contributed by atoms with van der Waals surface area (Å²) in [6.45, 7) is 2.46. The van der Waals surface area contributed by atoms with Crippen LogP contribution in [0.25, 0.3) is 10.7 Å². The average Bonchev–Trinajstić information content (AvgIpc) is 3.22. The first-order valence-electron chi connectivity index (χ1n) is 7.62. The molecule has 2 heterocycles. The van der Waals surface area contributed by atoms with Gasteiger partial charge in [0.25, 0.3) is 5.91 Å². The Kier molecular flexibility index (Phi) is 5.12. The second-order valence-electron chi connectivity index (χ2n) is 5.60. The predicted molar refractivity (Wildman–Crippen MR) is 100 cm³/mol. The summed E-state index contributed by atoms with van der Waals surface area (Å²) in [4.78, 5) is 17.4. The number of benzene rings is 1. The third kappa shape index (κ3) is 3.25. The number of hydrogen-bond acceptors (Lipinski definition) is 6. The molecule has 1 aromatic carbocycles. The molecule has 2 aliphatic rings. The number of hydrogen-bond donors (Lipinski definition) is 1. The summed E-state index contributed by atoms with van der Waals surface area (Å²) in [5.41, 5.74) is 3.83. The predicted octanol–water partition coefficient (Wildman–Crippen LogP) is 2.42. The molecule has 2 aliphatic heterocycles. The van der Waals surface area contributed by atoms with Gasteiger partial charge in [-0.05, 0) is 19.1 Å². The molecule has 0 saturated carbocycles. The summed E-state index contributed by atoms with van der Waals surface area (Å²) >= 11 is 12.9. The normalized spacial score (nSPS) is 19.0. The van der Waals surface area contributed by atoms with Gasteiger partial charge in [-0.25, -0.2) is 13.4 Å². The Bertz CT molecular complexity index is 983. The van der Waals surface area contributed by atoms with Crippen LogP contribution in [0.1, 0.15) is 18.1 Å². The molecule has 10 heteroatoms. The minimum atomic E-state index is -3.56. The minimum absolute atomic E-state index is 0.0339. The third-order valence-corrected chi connectivity index (χ3v) is 5.83. The quantitative estimate of drug-likeness (QED) is 0.762. The summed E-state index contributed by atoms with van der Waals surface area (Å²) in [5, 5.41) is 5.45. The molecule has 0 fully saturated rings. The van der Waals surface area contributed by atoms with E-state index >= 15 is 0 Å². The molecule has 0 bridgehead atoms. The van der Waals surface area contributed by atoms with Gasteiger partial charge >= 0.3 is 0 Å². The van der Waals surface area contributed by atoms with E-state index in [4.69, 9.17) is 28.0 Å². The highest BCUT2D eigenvalue weighted by Gasteiger charge is 2.28. The van der Waals surface area contributed by atoms with Gasteiger partial charge in [0.15, 0.2) is 9.84 Å². The Labute approximate surface area is 160 Å². The molecular weight excluding hydrogens is 401 g/mol. The standard InChI is InChI=1S/C16H15Cl2N3O4S/c1-3-21-16(22)10(8-19-21)14(17)9-4-5-12(26(2,23)24)13(15(9)18)11-6-7-25-20-11/h4-6,8,20H,3,7H2,1-2H3. The molecule has 3 rings (SSSR count). The van der Waals surface area contributed by atoms with Crippen LogP contribution in [0.2, 0.25) is 5.02 Å². The second-order valence-corrected chi connectivity index (χ2v) is 8.34. The molecular formula is C16H15Cl2N3O4S. The fourth-order valence-corrected chi connectivity index (χ4v) is 4.27. The van der Waals surface area contributed by atoms with Gasteiger partial charge in [-0.2, -0.15) is 5.10 Å². The fourth-order valence-electron chi connectivity index (χ4n) is 2.62. The lowest BCUT2D eigenvalue weighted by atomic mass is 10.0. The molecule has 0 aliphatic carbocycles. The van der Waals surface area contributed by atoms with Crippen molar-refractivity contribution in [1.82, 2.24) is 10.5 Å². The van der Waals surface area contributed by atoms with Crippen LogP contribution in [0.5, 0.6) is 0 Å². The number of hydrazone groups is 1. The highest BCUT2D eigenvalue weighted by molar-refractivity contribution is 7.90. The minimum Gasteiger partial charge on any atom is -0.272 e. The van der Waals surface area contributed by atoms with E-state index in [0.717, 1.165) is 6.26 Å². The summed E-state index contributed by atoms with van der Waals surface area (Å²) < 4.78 is 24.3. The number of halogens is 2. The number of likely N-dealkylation sites (N-methyl/N-ethyl adjacent to an activating group) is 1. The Balaban J connectivity index is 2.21. The highest BCUT2D eigenvalue weighted by atomic mass is 35.5. The lowest BCUT2D eigenvalue weighted by Gasteiger charge is -2.15. The van der Waals surface area contributed by atoms with Crippen molar-refractivity contribution in [2.45, 2.75) is 11.8 Å². The summed E-state index contributed by atoms with van der Waals surface area (Å²) in [7, 11) is -3.56. The van der Waals surface area contributed by atoms with E-state index in [2.05, 4.69) is 10.6 Å². The van der Waals surface area contributed by atoms with E-state index in [-0.39, 0.29) is 38.6 Å². The fraction of sp³-hybridized carbons (Fsp3) is 0.250. The Morgan fingerprint density at radius 2 is 2.15 bits per heavy atom. The second kappa shape index (κ2) is 7.03. The van der Waals surface area contributed by atoms with Gasteiger partial charge in [0.05, 0.1) is 39.0 Å². The van der Waals surface area contributed by atoms with Crippen LogP contribution in [-0.2, 0) is 19.5 Å². The van der Waals surface area contributed by atoms with Gasteiger partial charge < -0.3 is 0 Å². The Morgan fingerprint density at radius 3 is 2.69 bits per heavy atom. The van der Waals surface area contributed by atoms with Gasteiger partial charge in [0, 0.05) is 23.9 Å². The Hall–Kier alpha value is -1.87. The van der Waals surface area contributed by atoms with Gasteiger partial charge in [0.2, 0.25) is 0 Å². The van der Waals surface area contributed by atoms with Crippen LogP contribution in [0, 0.1) is 0 Å². The number of carbonyl (C=O) groups excluding carboxylic acids is 1. The first-order chi connectivity index (χ1) is 12.3. The van der Waals surface area contributed by atoms with Crippen LogP contribution in [0.4, 0.5) is 0 Å². The molecule has 0 saturated heterocycles. The van der Waals surface area contributed by atoms with Crippen LogP contribution in [0.3, 0.4) is 0 Å². The smallest absolute Gasteiger partial charge is 0.272 e. The zero-order chi connectivity index (χ0) is 19.1. The number of rotatable bonds is 4. The maximum atomic E-state index is 12.3. The monoisotopic (exact) mass is 415 g/mol. The Morgan fingerprint density at radius 1 is 1.42 bits per heavy atom. The summed E-state index contributed by atoms with van der Waals surface area (Å²) in [5.74, 6) is -0.344. The van der Waals surface area contributed by atoms with Gasteiger partial charge in [0.1, 0.15) is 0 Å². The number of hydroxylamine groups is 1. The lowest BCUT2D eigenvalue weighted by molar-refractivity contribution is -0.125. The highest BCUT2D eigenvalue weighted by Crippen LogP contribution is 2.39. The van der Waals surface area contributed by atoms with Crippen molar-refractivity contribution in [2.75, 3.05) is 19.4 Å². The zero-order valence-electron chi connectivity index (χ0n) is 13.9. The number of nitrogens with one attached hydrogen (secondary N) is 1. The SMILES string of the molecule is CCN1N=CC(=C(Cl)c2ccc(S(C)(=O)=O)c(C3=CCON3)c2Cl)C1=O. The first kappa shape index (κ1) is 18.9. The summed E-state index contributed by atoms with van der Waals surface area (Å²) in [6.07, 6.45) is 4.12. The maximum Gasteiger partial charge on any atom is 0.277 e. The topological polar surface area (TPSA) is 88.1 Å². The van der Waals surface area contributed by atoms with Crippen molar-refractivity contribution in [3.05, 3.63) is 39.9 Å².